The Hall–Kier alpha value is -3.37. The highest BCUT2D eigenvalue weighted by Crippen LogP contribution is 2.31. The number of urea groups is 1. The van der Waals surface area contributed by atoms with E-state index in [-0.39, 0.29) is 22.5 Å². The Morgan fingerprint density at radius 1 is 1.10 bits per heavy atom. The number of carbonyl (C=O) groups is 2. The van der Waals surface area contributed by atoms with E-state index >= 15 is 0 Å². The van der Waals surface area contributed by atoms with Crippen LogP contribution in [0.25, 0.3) is 11.4 Å². The van der Waals surface area contributed by atoms with Gasteiger partial charge in [0.15, 0.2) is 5.82 Å². The number of carbonyl (C=O) groups excluding carboxylic acids is 2. The summed E-state index contributed by atoms with van der Waals surface area (Å²) in [5, 5.41) is 5.11. The van der Waals surface area contributed by atoms with Crippen LogP contribution in [0.15, 0.2) is 47.4 Å². The van der Waals surface area contributed by atoms with Crippen molar-refractivity contribution >= 4 is 52.5 Å². The van der Waals surface area contributed by atoms with Crippen LogP contribution in [0, 0.1) is 5.82 Å². The molecule has 11 heteroatoms. The van der Waals surface area contributed by atoms with Gasteiger partial charge in [0.2, 0.25) is 5.91 Å². The molecule has 154 valence electrons. The molecule has 3 aromatic rings. The second-order valence-corrected chi connectivity index (χ2v) is 7.15. The number of nitrogen functional groups attached to an aromatic ring is 1. The Bertz CT molecular complexity index is 1100. The van der Waals surface area contributed by atoms with Crippen LogP contribution in [0.2, 0.25) is 5.15 Å². The number of benzene rings is 2. The minimum atomic E-state index is -0.695. The second-order valence-electron chi connectivity index (χ2n) is 5.97. The predicted molar refractivity (Wildman–Crippen MR) is 116 cm³/mol. The molecule has 1 heterocycles. The topological polar surface area (TPSA) is 136 Å². The van der Waals surface area contributed by atoms with Gasteiger partial charge in [-0.25, -0.2) is 19.2 Å². The summed E-state index contributed by atoms with van der Waals surface area (Å²) in [6.45, 7) is 0. The van der Waals surface area contributed by atoms with Crippen molar-refractivity contribution in [2.45, 2.75) is 4.90 Å². The Morgan fingerprint density at radius 3 is 2.37 bits per heavy atom. The molecule has 0 atom stereocenters. The first-order chi connectivity index (χ1) is 14.3. The highest BCUT2D eigenvalue weighted by molar-refractivity contribution is 7.98. The van der Waals surface area contributed by atoms with Crippen LogP contribution in [-0.4, -0.2) is 28.2 Å². The summed E-state index contributed by atoms with van der Waals surface area (Å²) < 4.78 is 14.5. The molecule has 0 aliphatic heterocycles. The highest BCUT2D eigenvalue weighted by atomic mass is 35.5. The van der Waals surface area contributed by atoms with E-state index in [1.54, 1.807) is 6.26 Å². The van der Waals surface area contributed by atoms with Gasteiger partial charge in [-0.15, -0.1) is 11.8 Å². The van der Waals surface area contributed by atoms with E-state index in [2.05, 4.69) is 20.6 Å². The summed E-state index contributed by atoms with van der Waals surface area (Å²) >= 11 is 7.40. The Kier molecular flexibility index (Phi) is 6.38. The molecule has 8 nitrogen and oxygen atoms in total. The number of aromatic nitrogens is 2. The van der Waals surface area contributed by atoms with Crippen LogP contribution in [-0.2, 0) is 0 Å². The van der Waals surface area contributed by atoms with Crippen molar-refractivity contribution in [1.82, 2.24) is 9.97 Å². The third kappa shape index (κ3) is 4.78. The van der Waals surface area contributed by atoms with Gasteiger partial charge in [0.1, 0.15) is 16.8 Å². The average molecular weight is 447 g/mol. The van der Waals surface area contributed by atoms with E-state index in [0.717, 1.165) is 0 Å². The fourth-order valence-electron chi connectivity index (χ4n) is 2.52. The van der Waals surface area contributed by atoms with Crippen LogP contribution in [0.5, 0.6) is 0 Å². The molecule has 30 heavy (non-hydrogen) atoms. The molecule has 0 saturated carbocycles. The summed E-state index contributed by atoms with van der Waals surface area (Å²) in [6, 6.07) is 9.34. The standard InChI is InChI=1S/C19H16ClFN6O2S/c1-30-14-15(20)26-18(27-16(14)22)10-4-7-13(12(21)8-10)25-19(29)24-11-5-2-9(3-6-11)17(23)28/h2-8H,1H3,(H2,23,28)(H2,22,26,27)(H2,24,25,29). The van der Waals surface area contributed by atoms with Crippen molar-refractivity contribution in [3.05, 3.63) is 59.0 Å². The molecule has 0 fully saturated rings. The number of hydrogen-bond donors (Lipinski definition) is 4. The number of primary amides is 1. The van der Waals surface area contributed by atoms with Crippen molar-refractivity contribution in [3.8, 4) is 11.4 Å². The SMILES string of the molecule is CSc1c(N)nc(-c2ccc(NC(=O)Nc3ccc(C(N)=O)cc3)c(F)c2)nc1Cl. The molecule has 0 unspecified atom stereocenters. The molecule has 0 bridgehead atoms. The number of anilines is 3. The summed E-state index contributed by atoms with van der Waals surface area (Å²) in [4.78, 5) is 32.0. The zero-order valence-corrected chi connectivity index (χ0v) is 17.1. The number of thioether (sulfide) groups is 1. The molecular weight excluding hydrogens is 431 g/mol. The van der Waals surface area contributed by atoms with Crippen molar-refractivity contribution in [2.75, 3.05) is 22.6 Å². The van der Waals surface area contributed by atoms with Crippen LogP contribution in [0.3, 0.4) is 0 Å². The van der Waals surface area contributed by atoms with Gasteiger partial charge in [0.05, 0.1) is 10.6 Å². The fourth-order valence-corrected chi connectivity index (χ4v) is 3.39. The molecule has 0 aliphatic carbocycles. The van der Waals surface area contributed by atoms with Crippen LogP contribution >= 0.6 is 23.4 Å². The number of halogens is 2. The number of amides is 3. The molecule has 3 rings (SSSR count). The third-order valence-electron chi connectivity index (χ3n) is 3.96. The summed E-state index contributed by atoms with van der Waals surface area (Å²) in [5.74, 6) is -0.913. The molecular formula is C19H16ClFN6O2S. The van der Waals surface area contributed by atoms with Gasteiger partial charge in [0, 0.05) is 16.8 Å². The van der Waals surface area contributed by atoms with Crippen molar-refractivity contribution in [3.63, 3.8) is 0 Å². The monoisotopic (exact) mass is 446 g/mol. The lowest BCUT2D eigenvalue weighted by molar-refractivity contribution is 0.100. The number of hydrogen-bond acceptors (Lipinski definition) is 6. The van der Waals surface area contributed by atoms with Crippen molar-refractivity contribution in [2.24, 2.45) is 5.73 Å². The minimum absolute atomic E-state index is 0.0511. The maximum Gasteiger partial charge on any atom is 0.323 e. The van der Waals surface area contributed by atoms with E-state index in [9.17, 15) is 14.0 Å². The van der Waals surface area contributed by atoms with Gasteiger partial charge >= 0.3 is 6.03 Å². The number of nitrogens with two attached hydrogens (primary N) is 2. The largest absolute Gasteiger partial charge is 0.383 e. The molecule has 3 amide bonds. The van der Waals surface area contributed by atoms with E-state index < -0.39 is 17.8 Å². The first-order valence-corrected chi connectivity index (χ1v) is 10.0. The smallest absolute Gasteiger partial charge is 0.323 e. The average Bonchev–Trinajstić information content (AvgIpc) is 2.69. The minimum Gasteiger partial charge on any atom is -0.383 e. The van der Waals surface area contributed by atoms with Crippen molar-refractivity contribution in [1.29, 1.82) is 0 Å². The van der Waals surface area contributed by atoms with E-state index in [1.165, 1.54) is 54.2 Å². The lowest BCUT2D eigenvalue weighted by Gasteiger charge is -2.11. The number of nitrogens with zero attached hydrogens (tertiary/aromatic N) is 2. The summed E-state index contributed by atoms with van der Waals surface area (Å²) in [5.41, 5.74) is 12.0. The molecule has 0 radical (unpaired) electrons. The zero-order chi connectivity index (χ0) is 21.8. The number of nitrogens with one attached hydrogen (secondary N) is 2. The summed E-state index contributed by atoms with van der Waals surface area (Å²) in [7, 11) is 0. The molecule has 1 aromatic heterocycles. The van der Waals surface area contributed by atoms with Gasteiger partial charge in [-0.1, -0.05) is 11.6 Å². The van der Waals surface area contributed by atoms with E-state index in [1.807, 2.05) is 0 Å². The van der Waals surface area contributed by atoms with Gasteiger partial charge in [-0.3, -0.25) is 4.79 Å². The quantitative estimate of drug-likeness (QED) is 0.345. The fraction of sp³-hybridized carbons (Fsp3) is 0.0526. The predicted octanol–water partition coefficient (Wildman–Crippen LogP) is 3.98. The number of rotatable bonds is 5. The zero-order valence-electron chi connectivity index (χ0n) is 15.6. The van der Waals surface area contributed by atoms with Gasteiger partial charge in [-0.05, 0) is 48.7 Å². The lowest BCUT2D eigenvalue weighted by atomic mass is 10.2. The first-order valence-electron chi connectivity index (χ1n) is 8.43. The van der Waals surface area contributed by atoms with E-state index in [4.69, 9.17) is 23.1 Å². The highest BCUT2D eigenvalue weighted by Gasteiger charge is 2.14. The Morgan fingerprint density at radius 2 is 1.80 bits per heavy atom. The maximum atomic E-state index is 14.5. The van der Waals surface area contributed by atoms with Crippen LogP contribution in [0.4, 0.5) is 26.4 Å². The Balaban J connectivity index is 1.74. The third-order valence-corrected chi connectivity index (χ3v) is 5.15. The van der Waals surface area contributed by atoms with Crippen LogP contribution < -0.4 is 22.1 Å². The first kappa shape index (κ1) is 21.3. The van der Waals surface area contributed by atoms with Crippen molar-refractivity contribution < 1.29 is 14.0 Å². The molecule has 0 spiro atoms. The Labute approximate surface area is 180 Å². The normalized spacial score (nSPS) is 10.5. The van der Waals surface area contributed by atoms with Gasteiger partial charge in [0.25, 0.3) is 0 Å². The maximum absolute atomic E-state index is 14.5. The van der Waals surface area contributed by atoms with Crippen LogP contribution in [0.1, 0.15) is 10.4 Å². The molecule has 0 saturated heterocycles. The molecule has 6 N–H and O–H groups in total. The second kappa shape index (κ2) is 8.97. The summed E-state index contributed by atoms with van der Waals surface area (Å²) in [6.07, 6.45) is 1.79. The van der Waals surface area contributed by atoms with Gasteiger partial charge in [-0.2, -0.15) is 0 Å². The molecule has 0 aliphatic rings. The molecule has 2 aromatic carbocycles. The lowest BCUT2D eigenvalue weighted by Crippen LogP contribution is -2.20. The van der Waals surface area contributed by atoms with E-state index in [0.29, 0.717) is 21.7 Å². The van der Waals surface area contributed by atoms with Gasteiger partial charge < -0.3 is 22.1 Å².